The van der Waals surface area contributed by atoms with Gasteiger partial charge in [0.15, 0.2) is 0 Å². The fourth-order valence-electron chi connectivity index (χ4n) is 1.33. The van der Waals surface area contributed by atoms with Crippen molar-refractivity contribution >= 4 is 0 Å². The second kappa shape index (κ2) is 4.77. The molecule has 0 aliphatic carbocycles. The summed E-state index contributed by atoms with van der Waals surface area (Å²) in [6, 6.07) is 14.8. The van der Waals surface area contributed by atoms with E-state index in [4.69, 9.17) is 4.74 Å². The van der Waals surface area contributed by atoms with Gasteiger partial charge >= 0.3 is 0 Å². The van der Waals surface area contributed by atoms with E-state index in [-0.39, 0.29) is 0 Å². The zero-order valence-electron chi connectivity index (χ0n) is 9.00. The van der Waals surface area contributed by atoms with Crippen molar-refractivity contribution in [1.29, 1.82) is 0 Å². The maximum Gasteiger partial charge on any atom is 0.219 e. The van der Waals surface area contributed by atoms with E-state index in [1.165, 1.54) is 0 Å². The second-order valence-electron chi connectivity index (χ2n) is 3.49. The molecule has 1 N–H and O–H groups in total. The molecule has 0 radical (unpaired) electrons. The monoisotopic (exact) mass is 215 g/mol. The summed E-state index contributed by atoms with van der Waals surface area (Å²) in [7, 11) is 0. The molecule has 2 rings (SSSR count). The Morgan fingerprint density at radius 3 is 2.50 bits per heavy atom. The minimum absolute atomic E-state index is 0.490. The maximum absolute atomic E-state index is 9.40. The van der Waals surface area contributed by atoms with E-state index in [2.05, 4.69) is 4.98 Å². The number of aromatic nitrogens is 1. The van der Waals surface area contributed by atoms with E-state index < -0.39 is 6.10 Å². The molecule has 1 atom stereocenters. The lowest BCUT2D eigenvalue weighted by Crippen LogP contribution is -1.96. The number of hydrogen-bond donors (Lipinski definition) is 1. The van der Waals surface area contributed by atoms with E-state index in [0.717, 1.165) is 5.75 Å². The molecule has 0 fully saturated rings. The topological polar surface area (TPSA) is 42.4 Å². The molecule has 82 valence electrons. The minimum atomic E-state index is -0.584. The molecular formula is C13H13NO2. The predicted octanol–water partition coefficient (Wildman–Crippen LogP) is 2.93. The summed E-state index contributed by atoms with van der Waals surface area (Å²) in [5.41, 5.74) is 0.605. The molecule has 3 heteroatoms. The first-order valence-electron chi connectivity index (χ1n) is 5.13. The van der Waals surface area contributed by atoms with Gasteiger partial charge in [0.2, 0.25) is 5.88 Å². The lowest BCUT2D eigenvalue weighted by Gasteiger charge is -2.07. The van der Waals surface area contributed by atoms with Crippen LogP contribution in [0.3, 0.4) is 0 Å². The highest BCUT2D eigenvalue weighted by atomic mass is 16.5. The number of rotatable bonds is 3. The van der Waals surface area contributed by atoms with Crippen LogP contribution in [0.5, 0.6) is 11.6 Å². The first-order valence-corrected chi connectivity index (χ1v) is 5.13. The van der Waals surface area contributed by atoms with Gasteiger partial charge in [-0.15, -0.1) is 0 Å². The smallest absolute Gasteiger partial charge is 0.219 e. The van der Waals surface area contributed by atoms with Gasteiger partial charge in [-0.25, -0.2) is 4.98 Å². The molecule has 2 aromatic rings. The molecule has 0 amide bonds. The van der Waals surface area contributed by atoms with Crippen molar-refractivity contribution in [3.05, 3.63) is 54.2 Å². The molecule has 0 spiro atoms. The lowest BCUT2D eigenvalue weighted by atomic mass is 10.2. The van der Waals surface area contributed by atoms with Crippen LogP contribution in [0, 0.1) is 0 Å². The van der Waals surface area contributed by atoms with Crippen LogP contribution in [0.4, 0.5) is 0 Å². The summed E-state index contributed by atoms with van der Waals surface area (Å²) in [5.74, 6) is 1.22. The Labute approximate surface area is 94.3 Å². The molecule has 16 heavy (non-hydrogen) atoms. The van der Waals surface area contributed by atoms with Crippen molar-refractivity contribution in [2.24, 2.45) is 0 Å². The molecule has 0 aliphatic rings. The van der Waals surface area contributed by atoms with Crippen molar-refractivity contribution in [1.82, 2.24) is 4.98 Å². The van der Waals surface area contributed by atoms with Gasteiger partial charge in [-0.3, -0.25) is 0 Å². The maximum atomic E-state index is 9.40. The van der Waals surface area contributed by atoms with Gasteiger partial charge in [-0.05, 0) is 25.1 Å². The highest BCUT2D eigenvalue weighted by molar-refractivity contribution is 5.27. The molecular weight excluding hydrogens is 202 g/mol. The highest BCUT2D eigenvalue weighted by Gasteiger charge is 2.04. The largest absolute Gasteiger partial charge is 0.439 e. The van der Waals surface area contributed by atoms with E-state index in [1.54, 1.807) is 19.1 Å². The van der Waals surface area contributed by atoms with Crippen molar-refractivity contribution in [3.8, 4) is 11.6 Å². The number of aliphatic hydroxyl groups is 1. The molecule has 1 aromatic carbocycles. The first-order chi connectivity index (χ1) is 7.75. The number of para-hydroxylation sites is 1. The summed E-state index contributed by atoms with van der Waals surface area (Å²) in [6.07, 6.45) is -0.584. The average molecular weight is 215 g/mol. The summed E-state index contributed by atoms with van der Waals surface area (Å²) in [5, 5.41) is 9.40. The first kappa shape index (κ1) is 10.6. The summed E-state index contributed by atoms with van der Waals surface area (Å²) >= 11 is 0. The van der Waals surface area contributed by atoms with Crippen molar-refractivity contribution < 1.29 is 9.84 Å². The van der Waals surface area contributed by atoms with Crippen LogP contribution in [0.2, 0.25) is 0 Å². The summed E-state index contributed by atoms with van der Waals surface area (Å²) in [6.45, 7) is 1.68. The Morgan fingerprint density at radius 1 is 1.06 bits per heavy atom. The number of hydrogen-bond acceptors (Lipinski definition) is 3. The summed E-state index contributed by atoms with van der Waals surface area (Å²) in [4.78, 5) is 4.20. The fraction of sp³-hybridized carbons (Fsp3) is 0.154. The van der Waals surface area contributed by atoms with Gasteiger partial charge in [-0.1, -0.05) is 24.3 Å². The van der Waals surface area contributed by atoms with Gasteiger partial charge in [-0.2, -0.15) is 0 Å². The molecule has 0 bridgehead atoms. The van der Waals surface area contributed by atoms with Crippen LogP contribution < -0.4 is 4.74 Å². The van der Waals surface area contributed by atoms with E-state index in [0.29, 0.717) is 11.6 Å². The average Bonchev–Trinajstić information content (AvgIpc) is 2.30. The fourth-order valence-corrected chi connectivity index (χ4v) is 1.33. The number of benzene rings is 1. The molecule has 1 unspecified atom stereocenters. The highest BCUT2D eigenvalue weighted by Crippen LogP contribution is 2.20. The zero-order chi connectivity index (χ0) is 11.4. The Bertz CT molecular complexity index is 454. The third-order valence-corrected chi connectivity index (χ3v) is 2.14. The van der Waals surface area contributed by atoms with Crippen molar-refractivity contribution in [2.75, 3.05) is 0 Å². The number of nitrogens with zero attached hydrogens (tertiary/aromatic N) is 1. The van der Waals surface area contributed by atoms with Crippen LogP contribution in [-0.2, 0) is 0 Å². The van der Waals surface area contributed by atoms with E-state index >= 15 is 0 Å². The summed E-state index contributed by atoms with van der Waals surface area (Å²) < 4.78 is 5.55. The van der Waals surface area contributed by atoms with Crippen molar-refractivity contribution in [3.63, 3.8) is 0 Å². The number of aliphatic hydroxyl groups excluding tert-OH is 1. The standard InChI is InChI=1S/C13H13NO2/c1-10(15)12-8-5-9-13(14-12)16-11-6-3-2-4-7-11/h2-10,15H,1H3. The zero-order valence-corrected chi connectivity index (χ0v) is 9.00. The van der Waals surface area contributed by atoms with Crippen LogP contribution >= 0.6 is 0 Å². The minimum Gasteiger partial charge on any atom is -0.439 e. The Kier molecular flexibility index (Phi) is 3.17. The van der Waals surface area contributed by atoms with Gasteiger partial charge in [0.1, 0.15) is 5.75 Å². The SMILES string of the molecule is CC(O)c1cccc(Oc2ccccc2)n1. The van der Waals surface area contributed by atoms with E-state index in [1.807, 2.05) is 36.4 Å². The van der Waals surface area contributed by atoms with Gasteiger partial charge in [0.05, 0.1) is 11.8 Å². The Hall–Kier alpha value is -1.87. The molecule has 1 aromatic heterocycles. The second-order valence-corrected chi connectivity index (χ2v) is 3.49. The molecule has 0 aliphatic heterocycles. The predicted molar refractivity (Wildman–Crippen MR) is 61.4 cm³/mol. The molecule has 3 nitrogen and oxygen atoms in total. The van der Waals surface area contributed by atoms with Crippen LogP contribution in [0.25, 0.3) is 0 Å². The van der Waals surface area contributed by atoms with Crippen LogP contribution in [0.15, 0.2) is 48.5 Å². The normalized spacial score (nSPS) is 12.1. The van der Waals surface area contributed by atoms with Crippen LogP contribution in [0.1, 0.15) is 18.7 Å². The van der Waals surface area contributed by atoms with E-state index in [9.17, 15) is 5.11 Å². The van der Waals surface area contributed by atoms with Crippen LogP contribution in [-0.4, -0.2) is 10.1 Å². The molecule has 0 saturated carbocycles. The Morgan fingerprint density at radius 2 is 1.81 bits per heavy atom. The quantitative estimate of drug-likeness (QED) is 0.855. The third-order valence-electron chi connectivity index (χ3n) is 2.14. The third kappa shape index (κ3) is 2.58. The molecule has 1 heterocycles. The number of pyridine rings is 1. The Balaban J connectivity index is 2.19. The number of ether oxygens (including phenoxy) is 1. The van der Waals surface area contributed by atoms with Gasteiger partial charge in [0, 0.05) is 6.07 Å². The lowest BCUT2D eigenvalue weighted by molar-refractivity contribution is 0.193. The molecule has 0 saturated heterocycles. The van der Waals surface area contributed by atoms with Crippen molar-refractivity contribution in [2.45, 2.75) is 13.0 Å². The van der Waals surface area contributed by atoms with Gasteiger partial charge in [0.25, 0.3) is 0 Å². The van der Waals surface area contributed by atoms with Gasteiger partial charge < -0.3 is 9.84 Å².